The number of hydrogen-bond donors (Lipinski definition) is 0. The van der Waals surface area contributed by atoms with E-state index in [1.54, 1.807) is 0 Å². The minimum Gasteiger partial charge on any atom is -0.437 e. The van der Waals surface area contributed by atoms with Gasteiger partial charge >= 0.3 is 6.18 Å². The van der Waals surface area contributed by atoms with Crippen LogP contribution in [0.4, 0.5) is 13.2 Å². The summed E-state index contributed by atoms with van der Waals surface area (Å²) in [5.41, 5.74) is 0. The van der Waals surface area contributed by atoms with Gasteiger partial charge in [-0.05, 0) is 12.1 Å². The third-order valence-electron chi connectivity index (χ3n) is 2.03. The van der Waals surface area contributed by atoms with Crippen molar-refractivity contribution in [2.45, 2.75) is 6.18 Å². The van der Waals surface area contributed by atoms with Crippen LogP contribution in [0.15, 0.2) is 24.3 Å². The Kier molecular flexibility index (Phi) is 4.27. The van der Waals surface area contributed by atoms with Crippen LogP contribution in [0.5, 0.6) is 11.6 Å². The molecule has 1 heterocycles. The molecule has 0 atom stereocenters. The molecule has 1 aromatic carbocycles. The number of halogens is 6. The third kappa shape index (κ3) is 3.65. The second kappa shape index (κ2) is 5.63. The number of benzene rings is 1. The number of nitrogens with zero attached hydrogens (tertiary/aromatic N) is 2. The molecule has 0 saturated heterocycles. The molecular weight excluding hydrogens is 339 g/mol. The van der Waals surface area contributed by atoms with E-state index in [1.165, 1.54) is 18.2 Å². The molecule has 106 valence electrons. The highest BCUT2D eigenvalue weighted by atomic mass is 35.5. The van der Waals surface area contributed by atoms with Crippen LogP contribution in [-0.2, 0) is 6.18 Å². The van der Waals surface area contributed by atoms with Crippen molar-refractivity contribution in [2.24, 2.45) is 0 Å². The Morgan fingerprint density at radius 3 is 2.35 bits per heavy atom. The van der Waals surface area contributed by atoms with Gasteiger partial charge in [-0.2, -0.15) is 18.2 Å². The lowest BCUT2D eigenvalue weighted by atomic mass is 10.3. The van der Waals surface area contributed by atoms with Crippen LogP contribution >= 0.6 is 34.8 Å². The number of alkyl halides is 3. The second-order valence-electron chi connectivity index (χ2n) is 3.53. The maximum atomic E-state index is 12.5. The first-order valence-electron chi connectivity index (χ1n) is 5.00. The monoisotopic (exact) mass is 342 g/mol. The molecule has 2 aromatic rings. The predicted molar refractivity (Wildman–Crippen MR) is 68.6 cm³/mol. The maximum Gasteiger partial charge on any atom is 0.451 e. The van der Waals surface area contributed by atoms with Gasteiger partial charge in [-0.25, -0.2) is 4.98 Å². The summed E-state index contributed by atoms with van der Waals surface area (Å²) >= 11 is 17.1. The highest BCUT2D eigenvalue weighted by Gasteiger charge is 2.35. The quantitative estimate of drug-likeness (QED) is 0.699. The lowest BCUT2D eigenvalue weighted by Crippen LogP contribution is -2.11. The molecule has 2 rings (SSSR count). The van der Waals surface area contributed by atoms with E-state index < -0.39 is 17.2 Å². The molecule has 0 aliphatic heterocycles. The van der Waals surface area contributed by atoms with E-state index in [9.17, 15) is 13.2 Å². The number of hydrogen-bond acceptors (Lipinski definition) is 3. The van der Waals surface area contributed by atoms with Gasteiger partial charge in [0.05, 0.1) is 5.02 Å². The summed E-state index contributed by atoms with van der Waals surface area (Å²) in [7, 11) is 0. The largest absolute Gasteiger partial charge is 0.451 e. The van der Waals surface area contributed by atoms with Gasteiger partial charge in [0, 0.05) is 17.2 Å². The van der Waals surface area contributed by atoms with Gasteiger partial charge in [-0.1, -0.05) is 34.8 Å². The Morgan fingerprint density at radius 1 is 1.00 bits per heavy atom. The highest BCUT2D eigenvalue weighted by Crippen LogP contribution is 2.33. The van der Waals surface area contributed by atoms with Crippen molar-refractivity contribution in [3.05, 3.63) is 45.3 Å². The SMILES string of the molecule is FC(F)(F)c1nc(Cl)cc(Oc2cc(Cl)ccc2Cl)n1. The molecule has 3 nitrogen and oxygen atoms in total. The van der Waals surface area contributed by atoms with Crippen LogP contribution in [0.25, 0.3) is 0 Å². The highest BCUT2D eigenvalue weighted by molar-refractivity contribution is 6.34. The normalized spacial score (nSPS) is 11.5. The van der Waals surface area contributed by atoms with Gasteiger partial charge in [-0.15, -0.1) is 0 Å². The summed E-state index contributed by atoms with van der Waals surface area (Å²) < 4.78 is 42.8. The summed E-state index contributed by atoms with van der Waals surface area (Å²) in [4.78, 5) is 6.30. The van der Waals surface area contributed by atoms with Crippen molar-refractivity contribution in [1.29, 1.82) is 0 Å². The Hall–Kier alpha value is -1.24. The summed E-state index contributed by atoms with van der Waals surface area (Å²) in [5, 5.41) is 0.0683. The molecule has 0 N–H and O–H groups in total. The fourth-order valence-electron chi connectivity index (χ4n) is 1.24. The third-order valence-corrected chi connectivity index (χ3v) is 2.77. The molecule has 20 heavy (non-hydrogen) atoms. The van der Waals surface area contributed by atoms with Gasteiger partial charge < -0.3 is 4.74 Å². The van der Waals surface area contributed by atoms with Crippen molar-refractivity contribution in [1.82, 2.24) is 9.97 Å². The minimum absolute atomic E-state index is 0.0575. The Bertz CT molecular complexity index is 649. The van der Waals surface area contributed by atoms with Crippen LogP contribution in [0.3, 0.4) is 0 Å². The Balaban J connectivity index is 2.39. The zero-order valence-electron chi connectivity index (χ0n) is 9.38. The maximum absolute atomic E-state index is 12.5. The molecular formula is C11H4Cl3F3N2O. The zero-order valence-corrected chi connectivity index (χ0v) is 11.6. The number of ether oxygens (including phenoxy) is 1. The molecule has 0 fully saturated rings. The van der Waals surface area contributed by atoms with E-state index in [1.807, 2.05) is 0 Å². The lowest BCUT2D eigenvalue weighted by molar-refractivity contribution is -0.145. The smallest absolute Gasteiger partial charge is 0.437 e. The first-order valence-corrected chi connectivity index (χ1v) is 6.14. The lowest BCUT2D eigenvalue weighted by Gasteiger charge is -2.10. The average molecular weight is 344 g/mol. The van der Waals surface area contributed by atoms with Crippen molar-refractivity contribution in [3.63, 3.8) is 0 Å². The van der Waals surface area contributed by atoms with Crippen molar-refractivity contribution in [2.75, 3.05) is 0 Å². The fourth-order valence-corrected chi connectivity index (χ4v) is 1.74. The minimum atomic E-state index is -4.73. The fraction of sp³-hybridized carbons (Fsp3) is 0.0909. The molecule has 0 amide bonds. The first kappa shape index (κ1) is 15.2. The topological polar surface area (TPSA) is 35.0 Å². The molecule has 1 aromatic heterocycles. The molecule has 0 spiro atoms. The van der Waals surface area contributed by atoms with Crippen molar-refractivity contribution >= 4 is 34.8 Å². The summed E-state index contributed by atoms with van der Waals surface area (Å²) in [6, 6.07) is 5.32. The molecule has 0 radical (unpaired) electrons. The van der Waals surface area contributed by atoms with E-state index in [0.29, 0.717) is 5.02 Å². The van der Waals surface area contributed by atoms with Gasteiger partial charge in [0.1, 0.15) is 10.9 Å². The standard InChI is InChI=1S/C11H4Cl3F3N2O/c12-5-1-2-6(13)7(3-5)20-9-4-8(14)18-10(19-9)11(15,16)17/h1-4H. The molecule has 0 aliphatic carbocycles. The van der Waals surface area contributed by atoms with Crippen molar-refractivity contribution in [3.8, 4) is 11.6 Å². The van der Waals surface area contributed by atoms with E-state index in [4.69, 9.17) is 39.5 Å². The molecule has 0 unspecified atom stereocenters. The number of aromatic nitrogens is 2. The van der Waals surface area contributed by atoms with E-state index in [0.717, 1.165) is 6.07 Å². The molecule has 0 saturated carbocycles. The van der Waals surface area contributed by atoms with E-state index in [2.05, 4.69) is 9.97 Å². The van der Waals surface area contributed by atoms with Crippen LogP contribution in [-0.4, -0.2) is 9.97 Å². The van der Waals surface area contributed by atoms with E-state index in [-0.39, 0.29) is 16.7 Å². The van der Waals surface area contributed by atoms with Crippen molar-refractivity contribution < 1.29 is 17.9 Å². The second-order valence-corrected chi connectivity index (χ2v) is 4.76. The zero-order chi connectivity index (χ0) is 14.9. The van der Waals surface area contributed by atoms with Gasteiger partial charge in [0.2, 0.25) is 11.7 Å². The number of rotatable bonds is 2. The molecule has 0 aliphatic rings. The van der Waals surface area contributed by atoms with Crippen LogP contribution < -0.4 is 4.74 Å². The molecule has 9 heteroatoms. The first-order chi connectivity index (χ1) is 9.25. The van der Waals surface area contributed by atoms with Gasteiger partial charge in [0.15, 0.2) is 0 Å². The predicted octanol–water partition coefficient (Wildman–Crippen LogP) is 5.25. The Labute approximate surface area is 126 Å². The summed E-state index contributed by atoms with van der Waals surface area (Å²) in [6.45, 7) is 0. The Morgan fingerprint density at radius 2 is 1.70 bits per heavy atom. The summed E-state index contributed by atoms with van der Waals surface area (Å²) in [6.07, 6.45) is -4.73. The average Bonchev–Trinajstić information content (AvgIpc) is 2.32. The van der Waals surface area contributed by atoms with Crippen LogP contribution in [0.1, 0.15) is 5.82 Å². The van der Waals surface area contributed by atoms with Crippen LogP contribution in [0.2, 0.25) is 15.2 Å². The van der Waals surface area contributed by atoms with Gasteiger partial charge in [-0.3, -0.25) is 0 Å². The molecule has 0 bridgehead atoms. The van der Waals surface area contributed by atoms with Gasteiger partial charge in [0.25, 0.3) is 0 Å². The van der Waals surface area contributed by atoms with Crippen LogP contribution in [0, 0.1) is 0 Å². The summed E-state index contributed by atoms with van der Waals surface area (Å²) in [5.74, 6) is -1.73. The van der Waals surface area contributed by atoms with E-state index >= 15 is 0 Å².